The molecule has 0 bridgehead atoms. The van der Waals surface area contributed by atoms with Gasteiger partial charge in [-0.1, -0.05) is 36.4 Å². The average Bonchev–Trinajstić information content (AvgIpc) is 3.18. The van der Waals surface area contributed by atoms with E-state index in [1.807, 2.05) is 48.5 Å². The molecule has 7 nitrogen and oxygen atoms in total. The number of hydrogen-bond donors (Lipinski definition) is 3. The third-order valence-electron chi connectivity index (χ3n) is 5.70. The van der Waals surface area contributed by atoms with Gasteiger partial charge in [0.1, 0.15) is 0 Å². The van der Waals surface area contributed by atoms with E-state index in [1.165, 1.54) is 14.0 Å². The highest BCUT2D eigenvalue weighted by atomic mass is 16.5. The number of amides is 1. The number of carbonyl (C=O) groups excluding carboxylic acids is 3. The van der Waals surface area contributed by atoms with Gasteiger partial charge < -0.3 is 21.1 Å². The number of carbonyl (C=O) groups is 3. The summed E-state index contributed by atoms with van der Waals surface area (Å²) in [7, 11) is 1.36. The van der Waals surface area contributed by atoms with Crippen molar-refractivity contribution in [3.8, 4) is 0 Å². The van der Waals surface area contributed by atoms with Gasteiger partial charge in [-0.15, -0.1) is 0 Å². The third kappa shape index (κ3) is 4.74. The van der Waals surface area contributed by atoms with Gasteiger partial charge in [-0.3, -0.25) is 14.4 Å². The molecule has 1 aliphatic rings. The Bertz CT molecular complexity index is 1290. The molecular formula is C27H25N3O4. The summed E-state index contributed by atoms with van der Waals surface area (Å²) in [5.41, 5.74) is 11.9. The van der Waals surface area contributed by atoms with Crippen molar-refractivity contribution in [1.29, 1.82) is 0 Å². The van der Waals surface area contributed by atoms with Crippen LogP contribution in [0.2, 0.25) is 0 Å². The van der Waals surface area contributed by atoms with E-state index in [0.717, 1.165) is 22.4 Å². The van der Waals surface area contributed by atoms with Crippen LogP contribution in [-0.4, -0.2) is 24.8 Å². The minimum atomic E-state index is -0.316. The van der Waals surface area contributed by atoms with Crippen LogP contribution in [0.15, 0.2) is 66.7 Å². The fourth-order valence-electron chi connectivity index (χ4n) is 3.81. The zero-order chi connectivity index (χ0) is 24.2. The summed E-state index contributed by atoms with van der Waals surface area (Å²) in [4.78, 5) is 36.6. The number of nitrogens with one attached hydrogen (secondary N) is 2. The minimum Gasteiger partial charge on any atom is -0.469 e. The second kappa shape index (κ2) is 9.72. The van der Waals surface area contributed by atoms with Gasteiger partial charge in [0.25, 0.3) is 5.91 Å². The van der Waals surface area contributed by atoms with Crippen molar-refractivity contribution < 1.29 is 19.1 Å². The lowest BCUT2D eigenvalue weighted by molar-refractivity contribution is -0.139. The molecule has 4 N–H and O–H groups in total. The largest absolute Gasteiger partial charge is 0.469 e. The van der Waals surface area contributed by atoms with Crippen molar-refractivity contribution in [2.75, 3.05) is 17.7 Å². The van der Waals surface area contributed by atoms with Crippen molar-refractivity contribution in [2.24, 2.45) is 5.73 Å². The van der Waals surface area contributed by atoms with Crippen LogP contribution in [0.25, 0.3) is 11.3 Å². The maximum Gasteiger partial charge on any atom is 0.309 e. The molecule has 0 atom stereocenters. The second-order valence-corrected chi connectivity index (χ2v) is 8.00. The van der Waals surface area contributed by atoms with Gasteiger partial charge in [-0.2, -0.15) is 0 Å². The number of ether oxygens (including phenoxy) is 1. The molecular weight excluding hydrogens is 430 g/mol. The SMILES string of the molecule is COC(=O)Cc1ccc(N/C(=C2\C(=O)Nc3ccc(C(C)=O)cc32)c2ccc(CN)cc2)cc1. The van der Waals surface area contributed by atoms with Crippen molar-refractivity contribution in [1.82, 2.24) is 0 Å². The van der Waals surface area contributed by atoms with E-state index >= 15 is 0 Å². The molecule has 3 aromatic rings. The van der Waals surface area contributed by atoms with Gasteiger partial charge in [-0.25, -0.2) is 0 Å². The molecule has 1 heterocycles. The number of rotatable bonds is 7. The first-order valence-electron chi connectivity index (χ1n) is 10.8. The zero-order valence-corrected chi connectivity index (χ0v) is 19.0. The summed E-state index contributed by atoms with van der Waals surface area (Å²) in [5, 5.41) is 6.27. The van der Waals surface area contributed by atoms with Gasteiger partial charge in [0.05, 0.1) is 24.8 Å². The monoisotopic (exact) mass is 455 g/mol. The fourth-order valence-corrected chi connectivity index (χ4v) is 3.81. The van der Waals surface area contributed by atoms with E-state index in [-0.39, 0.29) is 24.1 Å². The number of hydrogen-bond acceptors (Lipinski definition) is 6. The number of ketones is 1. The number of Topliss-reactive ketones (excluding diaryl/α,β-unsaturated/α-hetero) is 1. The van der Waals surface area contributed by atoms with Crippen LogP contribution in [-0.2, 0) is 27.3 Å². The van der Waals surface area contributed by atoms with Crippen LogP contribution in [0, 0.1) is 0 Å². The third-order valence-corrected chi connectivity index (χ3v) is 5.70. The van der Waals surface area contributed by atoms with Gasteiger partial charge in [0, 0.05) is 29.0 Å². The van der Waals surface area contributed by atoms with Crippen LogP contribution in [0.5, 0.6) is 0 Å². The molecule has 172 valence electrons. The normalized spacial score (nSPS) is 13.7. The highest BCUT2D eigenvalue weighted by molar-refractivity contribution is 6.37. The van der Waals surface area contributed by atoms with E-state index in [9.17, 15) is 14.4 Å². The molecule has 0 saturated heterocycles. The molecule has 0 unspecified atom stereocenters. The Morgan fingerprint density at radius 2 is 1.59 bits per heavy atom. The Balaban J connectivity index is 1.80. The summed E-state index contributed by atoms with van der Waals surface area (Å²) in [6.45, 7) is 1.91. The molecule has 0 aromatic heterocycles. The Morgan fingerprint density at radius 3 is 2.21 bits per heavy atom. The van der Waals surface area contributed by atoms with E-state index in [4.69, 9.17) is 10.5 Å². The zero-order valence-electron chi connectivity index (χ0n) is 19.0. The average molecular weight is 456 g/mol. The highest BCUT2D eigenvalue weighted by Gasteiger charge is 2.29. The van der Waals surface area contributed by atoms with E-state index in [1.54, 1.807) is 18.2 Å². The molecule has 4 rings (SSSR count). The van der Waals surface area contributed by atoms with Crippen molar-refractivity contribution in [3.05, 3.63) is 94.5 Å². The van der Waals surface area contributed by atoms with Crippen LogP contribution in [0.3, 0.4) is 0 Å². The number of nitrogens with two attached hydrogens (primary N) is 1. The molecule has 0 saturated carbocycles. The molecule has 1 amide bonds. The van der Waals surface area contributed by atoms with Gasteiger partial charge in [0.2, 0.25) is 0 Å². The van der Waals surface area contributed by atoms with E-state index < -0.39 is 0 Å². The minimum absolute atomic E-state index is 0.0792. The predicted octanol–water partition coefficient (Wildman–Crippen LogP) is 4.00. The lowest BCUT2D eigenvalue weighted by atomic mass is 9.97. The summed E-state index contributed by atoms with van der Waals surface area (Å²) in [6.07, 6.45) is 0.175. The number of anilines is 2. The van der Waals surface area contributed by atoms with Crippen molar-refractivity contribution >= 4 is 40.3 Å². The molecule has 34 heavy (non-hydrogen) atoms. The second-order valence-electron chi connectivity index (χ2n) is 8.00. The Morgan fingerprint density at radius 1 is 0.941 bits per heavy atom. The van der Waals surface area contributed by atoms with Crippen LogP contribution in [0.4, 0.5) is 11.4 Å². The number of benzene rings is 3. The molecule has 7 heteroatoms. The number of methoxy groups -OCH3 is 1. The van der Waals surface area contributed by atoms with Crippen LogP contribution < -0.4 is 16.4 Å². The maximum atomic E-state index is 13.1. The standard InChI is InChI=1S/C27H25N3O4/c1-16(31)20-9-12-23-22(14-20)25(27(33)30-23)26(19-7-3-18(15-28)4-8-19)29-21-10-5-17(6-11-21)13-24(32)34-2/h3-12,14,29H,13,15,28H2,1-2H3,(H,30,33)/b26-25-. The van der Waals surface area contributed by atoms with E-state index in [2.05, 4.69) is 10.6 Å². The lowest BCUT2D eigenvalue weighted by Crippen LogP contribution is -2.10. The maximum absolute atomic E-state index is 13.1. The Kier molecular flexibility index (Phi) is 6.56. The van der Waals surface area contributed by atoms with E-state index in [0.29, 0.717) is 34.6 Å². The van der Waals surface area contributed by atoms with Gasteiger partial charge in [0.15, 0.2) is 5.78 Å². The summed E-state index contributed by atoms with van der Waals surface area (Å²) in [6, 6.07) is 20.2. The lowest BCUT2D eigenvalue weighted by Gasteiger charge is -2.16. The molecule has 0 spiro atoms. The highest BCUT2D eigenvalue weighted by Crippen LogP contribution is 2.38. The fraction of sp³-hybridized carbons (Fsp3) is 0.148. The van der Waals surface area contributed by atoms with Gasteiger partial charge >= 0.3 is 5.97 Å². The summed E-state index contributed by atoms with van der Waals surface area (Å²) >= 11 is 0. The molecule has 0 aliphatic carbocycles. The topological polar surface area (TPSA) is 111 Å². The van der Waals surface area contributed by atoms with Crippen LogP contribution in [0.1, 0.15) is 39.5 Å². The van der Waals surface area contributed by atoms with Crippen LogP contribution >= 0.6 is 0 Å². The summed E-state index contributed by atoms with van der Waals surface area (Å²) in [5.74, 6) is -0.656. The smallest absolute Gasteiger partial charge is 0.309 e. The van der Waals surface area contributed by atoms with Crippen molar-refractivity contribution in [2.45, 2.75) is 19.9 Å². The molecule has 3 aromatic carbocycles. The Hall–Kier alpha value is -4.23. The first kappa shape index (κ1) is 22.9. The number of fused-ring (bicyclic) bond motifs is 1. The van der Waals surface area contributed by atoms with Gasteiger partial charge in [-0.05, 0) is 53.9 Å². The molecule has 1 aliphatic heterocycles. The first-order chi connectivity index (χ1) is 16.4. The molecule has 0 radical (unpaired) electrons. The first-order valence-corrected chi connectivity index (χ1v) is 10.8. The van der Waals surface area contributed by atoms with Crippen molar-refractivity contribution in [3.63, 3.8) is 0 Å². The Labute approximate surface area is 197 Å². The number of esters is 1. The quantitative estimate of drug-likeness (QED) is 0.282. The summed E-state index contributed by atoms with van der Waals surface area (Å²) < 4.78 is 4.73. The predicted molar refractivity (Wildman–Crippen MR) is 132 cm³/mol. The molecule has 0 fully saturated rings.